The summed E-state index contributed by atoms with van der Waals surface area (Å²) in [5.74, 6) is 0.549. The summed E-state index contributed by atoms with van der Waals surface area (Å²) >= 11 is 1.56. The van der Waals surface area contributed by atoms with Gasteiger partial charge in [-0.25, -0.2) is 4.98 Å². The van der Waals surface area contributed by atoms with Crippen LogP contribution in [-0.2, 0) is 11.3 Å². The molecule has 1 amide bonds. The molecule has 130 valence electrons. The number of ether oxygens (including phenoxy) is 1. The lowest BCUT2D eigenvalue weighted by atomic mass is 9.78. The highest BCUT2D eigenvalue weighted by atomic mass is 32.2. The lowest BCUT2D eigenvalue weighted by Gasteiger charge is -2.43. The Labute approximate surface area is 145 Å². The topological polar surface area (TPSA) is 73.2 Å². The van der Waals surface area contributed by atoms with E-state index in [1.807, 2.05) is 0 Å². The van der Waals surface area contributed by atoms with Crippen LogP contribution in [0.15, 0.2) is 16.1 Å². The van der Waals surface area contributed by atoms with Crippen LogP contribution in [0, 0.1) is 0 Å². The second-order valence-electron chi connectivity index (χ2n) is 7.02. The van der Waals surface area contributed by atoms with E-state index in [-0.39, 0.29) is 28.7 Å². The van der Waals surface area contributed by atoms with Crippen LogP contribution in [0.5, 0.6) is 0 Å². The monoisotopic (exact) mass is 349 g/mol. The average molecular weight is 349 g/mol. The van der Waals surface area contributed by atoms with Crippen molar-refractivity contribution in [2.24, 2.45) is 0 Å². The van der Waals surface area contributed by atoms with E-state index in [0.29, 0.717) is 18.3 Å². The van der Waals surface area contributed by atoms with Gasteiger partial charge in [0.1, 0.15) is 5.56 Å². The van der Waals surface area contributed by atoms with Gasteiger partial charge in [-0.1, -0.05) is 31.0 Å². The number of hydrogen-bond donors (Lipinski definition) is 1. The molecule has 7 heteroatoms. The lowest BCUT2D eigenvalue weighted by molar-refractivity contribution is -0.107. The zero-order valence-corrected chi connectivity index (χ0v) is 14.6. The van der Waals surface area contributed by atoms with Crippen molar-refractivity contribution >= 4 is 17.7 Å². The van der Waals surface area contributed by atoms with Crippen molar-refractivity contribution in [2.75, 3.05) is 12.4 Å². The summed E-state index contributed by atoms with van der Waals surface area (Å²) in [6.07, 6.45) is 8.94. The number of amides is 1. The van der Waals surface area contributed by atoms with E-state index in [2.05, 4.69) is 10.3 Å². The quantitative estimate of drug-likeness (QED) is 0.826. The molecule has 2 fully saturated rings. The SMILES string of the molecule is O=C(N[C@@H]1CCOC2(CCCCC2)C1)c1cnc2n(c1=O)CCS2. The summed E-state index contributed by atoms with van der Waals surface area (Å²) in [5, 5.41) is 3.77. The molecule has 1 saturated carbocycles. The molecule has 0 aromatic carbocycles. The van der Waals surface area contributed by atoms with Gasteiger partial charge in [0, 0.05) is 31.1 Å². The first-order valence-electron chi connectivity index (χ1n) is 8.84. The Morgan fingerprint density at radius 3 is 3.04 bits per heavy atom. The predicted molar refractivity (Wildman–Crippen MR) is 91.5 cm³/mol. The molecular formula is C17H23N3O3S. The molecule has 1 atom stereocenters. The minimum atomic E-state index is -0.294. The Hall–Kier alpha value is -1.34. The van der Waals surface area contributed by atoms with Gasteiger partial charge in [-0.05, 0) is 25.7 Å². The zero-order chi connectivity index (χ0) is 16.6. The van der Waals surface area contributed by atoms with Crippen molar-refractivity contribution in [3.05, 3.63) is 22.1 Å². The molecule has 1 saturated heterocycles. The van der Waals surface area contributed by atoms with Crippen molar-refractivity contribution in [2.45, 2.75) is 68.3 Å². The van der Waals surface area contributed by atoms with Crippen LogP contribution >= 0.6 is 11.8 Å². The highest BCUT2D eigenvalue weighted by Gasteiger charge is 2.39. The molecule has 0 radical (unpaired) electrons. The molecule has 1 N–H and O–H groups in total. The van der Waals surface area contributed by atoms with Gasteiger partial charge >= 0.3 is 0 Å². The van der Waals surface area contributed by atoms with Crippen LogP contribution in [0.25, 0.3) is 0 Å². The maximum absolute atomic E-state index is 12.6. The van der Waals surface area contributed by atoms with Gasteiger partial charge in [-0.3, -0.25) is 14.2 Å². The standard InChI is InChI=1S/C17H23N3O3S/c21-14(13-11-18-16-20(15(13)22)7-9-24-16)19-12-4-8-23-17(10-12)5-2-1-3-6-17/h11-12H,1-10H2,(H,19,21)/t12-/m1/s1. The van der Waals surface area contributed by atoms with Crippen molar-refractivity contribution in [3.63, 3.8) is 0 Å². The molecule has 1 aromatic heterocycles. The second-order valence-corrected chi connectivity index (χ2v) is 8.08. The molecule has 24 heavy (non-hydrogen) atoms. The number of thioether (sulfide) groups is 1. The summed E-state index contributed by atoms with van der Waals surface area (Å²) in [6.45, 7) is 1.32. The normalized spacial score (nSPS) is 25.4. The number of carbonyl (C=O) groups excluding carboxylic acids is 1. The second kappa shape index (κ2) is 6.52. The first-order valence-corrected chi connectivity index (χ1v) is 9.83. The van der Waals surface area contributed by atoms with Crippen molar-refractivity contribution in [1.29, 1.82) is 0 Å². The molecule has 3 heterocycles. The minimum absolute atomic E-state index is 0.0592. The molecule has 6 nitrogen and oxygen atoms in total. The molecule has 0 bridgehead atoms. The predicted octanol–water partition coefficient (Wildman–Crippen LogP) is 1.96. The number of carbonyl (C=O) groups is 1. The van der Waals surface area contributed by atoms with Gasteiger partial charge in [-0.15, -0.1) is 0 Å². The Morgan fingerprint density at radius 1 is 1.38 bits per heavy atom. The first kappa shape index (κ1) is 16.1. The largest absolute Gasteiger partial charge is 0.375 e. The van der Waals surface area contributed by atoms with E-state index >= 15 is 0 Å². The molecule has 0 unspecified atom stereocenters. The first-order chi connectivity index (χ1) is 11.7. The van der Waals surface area contributed by atoms with Crippen LogP contribution in [0.2, 0.25) is 0 Å². The van der Waals surface area contributed by atoms with Crippen molar-refractivity contribution in [3.8, 4) is 0 Å². The highest BCUT2D eigenvalue weighted by Crippen LogP contribution is 2.38. The molecule has 3 aliphatic rings. The summed E-state index contributed by atoms with van der Waals surface area (Å²) < 4.78 is 7.68. The van der Waals surface area contributed by atoms with Gasteiger partial charge in [0.25, 0.3) is 11.5 Å². The fourth-order valence-electron chi connectivity index (χ4n) is 4.13. The fraction of sp³-hybridized carbons (Fsp3) is 0.706. The van der Waals surface area contributed by atoms with E-state index in [1.54, 1.807) is 16.3 Å². The van der Waals surface area contributed by atoms with Crippen LogP contribution in [0.1, 0.15) is 55.3 Å². The highest BCUT2D eigenvalue weighted by molar-refractivity contribution is 7.99. The minimum Gasteiger partial charge on any atom is -0.375 e. The number of nitrogens with zero attached hydrogens (tertiary/aromatic N) is 2. The van der Waals surface area contributed by atoms with Crippen molar-refractivity contribution < 1.29 is 9.53 Å². The van der Waals surface area contributed by atoms with Gasteiger partial charge in [-0.2, -0.15) is 0 Å². The lowest BCUT2D eigenvalue weighted by Crippen LogP contribution is -2.50. The molecule has 1 aromatic rings. The van der Waals surface area contributed by atoms with Crippen LogP contribution in [-0.4, -0.2) is 39.5 Å². The van der Waals surface area contributed by atoms with Gasteiger partial charge in [0.15, 0.2) is 5.16 Å². The Bertz CT molecular complexity index is 691. The third-order valence-electron chi connectivity index (χ3n) is 5.39. The summed E-state index contributed by atoms with van der Waals surface area (Å²) in [5.41, 5.74) is -0.122. The Morgan fingerprint density at radius 2 is 2.21 bits per heavy atom. The van der Waals surface area contributed by atoms with E-state index < -0.39 is 0 Å². The van der Waals surface area contributed by atoms with E-state index in [4.69, 9.17) is 4.74 Å². The van der Waals surface area contributed by atoms with Gasteiger partial charge < -0.3 is 10.1 Å². The van der Waals surface area contributed by atoms with Gasteiger partial charge in [0.2, 0.25) is 0 Å². The molecule has 1 spiro atoms. The maximum Gasteiger partial charge on any atom is 0.267 e. The van der Waals surface area contributed by atoms with Crippen LogP contribution < -0.4 is 10.9 Å². The van der Waals surface area contributed by atoms with E-state index in [1.165, 1.54) is 25.5 Å². The Balaban J connectivity index is 1.47. The number of fused-ring (bicyclic) bond motifs is 1. The molecule has 4 rings (SSSR count). The number of rotatable bonds is 2. The third kappa shape index (κ3) is 2.99. The number of hydrogen-bond acceptors (Lipinski definition) is 5. The third-order valence-corrected chi connectivity index (χ3v) is 6.36. The Kier molecular flexibility index (Phi) is 4.39. The smallest absolute Gasteiger partial charge is 0.267 e. The molecule has 2 aliphatic heterocycles. The fourth-order valence-corrected chi connectivity index (χ4v) is 5.05. The molecule has 1 aliphatic carbocycles. The summed E-state index contributed by atoms with van der Waals surface area (Å²) in [4.78, 5) is 29.3. The number of aromatic nitrogens is 2. The van der Waals surface area contributed by atoms with E-state index in [9.17, 15) is 9.59 Å². The molecular weight excluding hydrogens is 326 g/mol. The van der Waals surface area contributed by atoms with Crippen LogP contribution in [0.3, 0.4) is 0 Å². The van der Waals surface area contributed by atoms with Crippen LogP contribution in [0.4, 0.5) is 0 Å². The summed E-state index contributed by atoms with van der Waals surface area (Å²) in [7, 11) is 0. The average Bonchev–Trinajstić information content (AvgIpc) is 3.05. The van der Waals surface area contributed by atoms with Gasteiger partial charge in [0.05, 0.1) is 5.60 Å². The number of nitrogens with one attached hydrogen (secondary N) is 1. The summed E-state index contributed by atoms with van der Waals surface area (Å²) in [6, 6.07) is 0.0800. The zero-order valence-electron chi connectivity index (χ0n) is 13.8. The van der Waals surface area contributed by atoms with Crippen molar-refractivity contribution in [1.82, 2.24) is 14.9 Å². The van der Waals surface area contributed by atoms with E-state index in [0.717, 1.165) is 31.4 Å². The maximum atomic E-state index is 12.6.